The average molecular weight is 328 g/mol. The highest BCUT2D eigenvalue weighted by Gasteiger charge is 2.33. The summed E-state index contributed by atoms with van der Waals surface area (Å²) in [4.78, 5) is 20.5. The molecule has 0 N–H and O–H groups in total. The van der Waals surface area contributed by atoms with Gasteiger partial charge in [-0.15, -0.1) is 0 Å². The molecule has 1 aromatic heterocycles. The summed E-state index contributed by atoms with van der Waals surface area (Å²) < 4.78 is 10.8. The smallest absolute Gasteiger partial charge is 0.324 e. The van der Waals surface area contributed by atoms with Crippen LogP contribution in [0.15, 0.2) is 4.52 Å². The molecule has 1 fully saturated rings. The van der Waals surface area contributed by atoms with Crippen molar-refractivity contribution < 1.29 is 14.1 Å². The third-order valence-electron chi connectivity index (χ3n) is 3.11. The number of hydrogen-bond donors (Lipinski definition) is 0. The normalized spacial score (nSPS) is 20.0. The van der Waals surface area contributed by atoms with E-state index in [-0.39, 0.29) is 12.0 Å². The summed E-state index contributed by atoms with van der Waals surface area (Å²) in [6.07, 6.45) is 0. The van der Waals surface area contributed by atoms with Gasteiger partial charge in [-0.1, -0.05) is 0 Å². The number of carbonyl (C=O) groups is 1. The maximum Gasteiger partial charge on any atom is 0.324 e. The first-order valence-corrected chi connectivity index (χ1v) is 8.46. The molecule has 1 aliphatic rings. The van der Waals surface area contributed by atoms with E-state index in [0.717, 1.165) is 18.1 Å². The Balaban J connectivity index is 2.04. The molecular weight excluding hydrogens is 304 g/mol. The van der Waals surface area contributed by atoms with Gasteiger partial charge in [0, 0.05) is 32.1 Å². The van der Waals surface area contributed by atoms with Gasteiger partial charge in [0.2, 0.25) is 5.89 Å². The molecule has 2 heterocycles. The van der Waals surface area contributed by atoms with Crippen LogP contribution in [0.25, 0.3) is 0 Å². The van der Waals surface area contributed by atoms with E-state index < -0.39 is 5.60 Å². The van der Waals surface area contributed by atoms with E-state index >= 15 is 0 Å². The molecule has 1 atom stereocenters. The highest BCUT2D eigenvalue weighted by molar-refractivity contribution is 7.99. The molecule has 1 aromatic rings. The highest BCUT2D eigenvalue weighted by atomic mass is 32.2. The van der Waals surface area contributed by atoms with E-state index in [1.165, 1.54) is 0 Å². The predicted molar refractivity (Wildman–Crippen MR) is 86.0 cm³/mol. The van der Waals surface area contributed by atoms with Gasteiger partial charge in [-0.25, -0.2) is 0 Å². The first-order valence-electron chi connectivity index (χ1n) is 7.31. The summed E-state index contributed by atoms with van der Waals surface area (Å²) in [5.74, 6) is 2.57. The second-order valence-electron chi connectivity index (χ2n) is 6.48. The van der Waals surface area contributed by atoms with Gasteiger partial charge in [-0.3, -0.25) is 9.69 Å². The molecule has 1 aliphatic heterocycles. The molecule has 0 aliphatic carbocycles. The molecule has 0 spiro atoms. The van der Waals surface area contributed by atoms with Crippen LogP contribution in [0.4, 0.5) is 5.95 Å². The Morgan fingerprint density at radius 1 is 1.50 bits per heavy atom. The molecular formula is C14H24N4O3S. The van der Waals surface area contributed by atoms with Crippen molar-refractivity contribution in [3.05, 3.63) is 5.89 Å². The largest absolute Gasteiger partial charge is 0.459 e. The molecule has 0 radical (unpaired) electrons. The molecule has 0 aromatic carbocycles. The third-order valence-corrected chi connectivity index (χ3v) is 4.14. The first-order chi connectivity index (χ1) is 10.3. The van der Waals surface area contributed by atoms with Crippen molar-refractivity contribution in [3.8, 4) is 0 Å². The van der Waals surface area contributed by atoms with Crippen LogP contribution < -0.4 is 4.90 Å². The molecule has 0 saturated carbocycles. The van der Waals surface area contributed by atoms with Crippen LogP contribution in [0, 0.1) is 0 Å². The SMILES string of the molecule is CN(C)c1noc(CN2CCSC[C@@H]2C(=O)OC(C)(C)C)n1. The van der Waals surface area contributed by atoms with Crippen LogP contribution in [-0.2, 0) is 16.1 Å². The first kappa shape index (κ1) is 17.1. The van der Waals surface area contributed by atoms with Crippen molar-refractivity contribution in [3.63, 3.8) is 0 Å². The summed E-state index contributed by atoms with van der Waals surface area (Å²) in [6.45, 7) is 6.91. The minimum absolute atomic E-state index is 0.188. The molecule has 7 nitrogen and oxygen atoms in total. The van der Waals surface area contributed by atoms with Crippen LogP contribution in [0.2, 0.25) is 0 Å². The Morgan fingerprint density at radius 2 is 2.23 bits per heavy atom. The highest BCUT2D eigenvalue weighted by Crippen LogP contribution is 2.22. The van der Waals surface area contributed by atoms with Gasteiger partial charge in [-0.05, 0) is 25.9 Å². The minimum atomic E-state index is -0.479. The van der Waals surface area contributed by atoms with Crippen LogP contribution in [0.1, 0.15) is 26.7 Å². The Labute approximate surface area is 135 Å². The average Bonchev–Trinajstić information content (AvgIpc) is 2.86. The van der Waals surface area contributed by atoms with Crippen molar-refractivity contribution in [1.29, 1.82) is 0 Å². The number of carbonyl (C=O) groups excluding carboxylic acids is 1. The zero-order valence-electron chi connectivity index (χ0n) is 13.8. The van der Waals surface area contributed by atoms with Crippen LogP contribution in [0.3, 0.4) is 0 Å². The number of anilines is 1. The van der Waals surface area contributed by atoms with Crippen molar-refractivity contribution in [2.45, 2.75) is 39.0 Å². The Hall–Kier alpha value is -1.28. The quantitative estimate of drug-likeness (QED) is 0.768. The van der Waals surface area contributed by atoms with Gasteiger partial charge in [0.05, 0.1) is 6.54 Å². The van der Waals surface area contributed by atoms with E-state index in [2.05, 4.69) is 15.0 Å². The topological polar surface area (TPSA) is 71.7 Å². The van der Waals surface area contributed by atoms with Gasteiger partial charge in [-0.2, -0.15) is 16.7 Å². The number of thioether (sulfide) groups is 1. The van der Waals surface area contributed by atoms with Gasteiger partial charge in [0.15, 0.2) is 0 Å². The van der Waals surface area contributed by atoms with Crippen molar-refractivity contribution >= 4 is 23.7 Å². The minimum Gasteiger partial charge on any atom is -0.459 e. The number of hydrogen-bond acceptors (Lipinski definition) is 8. The number of esters is 1. The van der Waals surface area contributed by atoms with E-state index in [0.29, 0.717) is 18.4 Å². The van der Waals surface area contributed by atoms with Gasteiger partial charge in [0.25, 0.3) is 5.95 Å². The Morgan fingerprint density at radius 3 is 2.82 bits per heavy atom. The fourth-order valence-electron chi connectivity index (χ4n) is 2.08. The van der Waals surface area contributed by atoms with E-state index in [1.54, 1.807) is 16.7 Å². The van der Waals surface area contributed by atoms with Crippen molar-refractivity contribution in [2.75, 3.05) is 37.0 Å². The number of rotatable bonds is 4. The van der Waals surface area contributed by atoms with Gasteiger partial charge >= 0.3 is 5.97 Å². The molecule has 0 unspecified atom stereocenters. The molecule has 0 amide bonds. The predicted octanol–water partition coefficient (Wildman–Crippen LogP) is 1.39. The van der Waals surface area contributed by atoms with Crippen molar-refractivity contribution in [1.82, 2.24) is 15.0 Å². The lowest BCUT2D eigenvalue weighted by Crippen LogP contribution is -2.49. The van der Waals surface area contributed by atoms with E-state index in [9.17, 15) is 4.79 Å². The van der Waals surface area contributed by atoms with E-state index in [4.69, 9.17) is 9.26 Å². The maximum absolute atomic E-state index is 12.4. The Bertz CT molecular complexity index is 512. The zero-order valence-corrected chi connectivity index (χ0v) is 14.6. The summed E-state index contributed by atoms with van der Waals surface area (Å²) in [5, 5.41) is 3.90. The zero-order chi connectivity index (χ0) is 16.3. The third kappa shape index (κ3) is 4.61. The van der Waals surface area contributed by atoms with Crippen LogP contribution in [-0.4, -0.2) is 64.8 Å². The second kappa shape index (κ2) is 6.87. The van der Waals surface area contributed by atoms with Crippen molar-refractivity contribution in [2.24, 2.45) is 0 Å². The lowest BCUT2D eigenvalue weighted by molar-refractivity contribution is -0.161. The summed E-state index contributed by atoms with van der Waals surface area (Å²) in [6, 6.07) is -0.271. The molecule has 22 heavy (non-hydrogen) atoms. The molecule has 0 bridgehead atoms. The second-order valence-corrected chi connectivity index (χ2v) is 7.63. The number of ether oxygens (including phenoxy) is 1. The Kier molecular flexibility index (Phi) is 5.33. The lowest BCUT2D eigenvalue weighted by atomic mass is 10.2. The maximum atomic E-state index is 12.4. The number of aromatic nitrogens is 2. The fourth-order valence-corrected chi connectivity index (χ4v) is 3.18. The molecule has 2 rings (SSSR count). The standard InChI is InChI=1S/C14H24N4O3S/c1-14(2,3)20-12(19)10-9-22-7-6-18(10)8-11-15-13(16-21-11)17(4)5/h10H,6-9H2,1-5H3/t10-/m1/s1. The van der Waals surface area contributed by atoms with E-state index in [1.807, 2.05) is 34.9 Å². The van der Waals surface area contributed by atoms with Crippen LogP contribution >= 0.6 is 11.8 Å². The number of nitrogens with zero attached hydrogens (tertiary/aromatic N) is 4. The lowest BCUT2D eigenvalue weighted by Gasteiger charge is -2.34. The van der Waals surface area contributed by atoms with Crippen LogP contribution in [0.5, 0.6) is 0 Å². The fraction of sp³-hybridized carbons (Fsp3) is 0.786. The van der Waals surface area contributed by atoms with Gasteiger partial charge in [0.1, 0.15) is 11.6 Å². The summed E-state index contributed by atoms with van der Waals surface area (Å²) in [5.41, 5.74) is -0.479. The van der Waals surface area contributed by atoms with Gasteiger partial charge < -0.3 is 14.2 Å². The summed E-state index contributed by atoms with van der Waals surface area (Å²) in [7, 11) is 3.71. The summed E-state index contributed by atoms with van der Waals surface area (Å²) >= 11 is 1.76. The molecule has 8 heteroatoms. The molecule has 124 valence electrons. The monoisotopic (exact) mass is 328 g/mol. The molecule has 1 saturated heterocycles.